The maximum atomic E-state index is 9.01. The first-order valence-corrected chi connectivity index (χ1v) is 17.5. The molecule has 0 fully saturated rings. The summed E-state index contributed by atoms with van der Waals surface area (Å²) in [5, 5.41) is 14.5. The molecule has 0 aliphatic carbocycles. The lowest BCUT2D eigenvalue weighted by Crippen LogP contribution is -1.96. The number of hydrogen-bond acceptors (Lipinski definition) is 0. The van der Waals surface area contributed by atoms with Gasteiger partial charge in [0.2, 0.25) is 0 Å². The lowest BCUT2D eigenvalue weighted by Gasteiger charge is -2.19. The lowest BCUT2D eigenvalue weighted by atomic mass is 9.85. The van der Waals surface area contributed by atoms with Crippen LogP contribution in [0.3, 0.4) is 0 Å². The molecule has 0 nitrogen and oxygen atoms in total. The van der Waals surface area contributed by atoms with E-state index >= 15 is 0 Å². The molecular weight excluding hydrogens is 613 g/mol. The largest absolute Gasteiger partial charge is 0.0629 e. The molecule has 0 radical (unpaired) electrons. The smallest absolute Gasteiger partial charge is 0.0622 e. The highest BCUT2D eigenvalue weighted by molar-refractivity contribution is 6.26. The van der Waals surface area contributed by atoms with E-state index in [1.807, 2.05) is 12.1 Å². The molecule has 0 amide bonds. The van der Waals surface area contributed by atoms with Crippen molar-refractivity contribution in [2.45, 2.75) is 6.42 Å². The second-order valence-electron chi connectivity index (χ2n) is 13.6. The predicted octanol–water partition coefficient (Wildman–Crippen LogP) is 14.1. The molecule has 0 unspecified atom stereocenters. The molecule has 0 aromatic heterocycles. The van der Waals surface area contributed by atoms with Gasteiger partial charge in [-0.15, -0.1) is 0 Å². The molecule has 0 heterocycles. The highest BCUT2D eigenvalue weighted by Crippen LogP contribution is 2.44. The van der Waals surface area contributed by atoms with Gasteiger partial charge in [-0.3, -0.25) is 0 Å². The molecule has 11 aromatic rings. The van der Waals surface area contributed by atoms with E-state index in [1.165, 1.54) is 48.8 Å². The Bertz CT molecular complexity index is 3340. The van der Waals surface area contributed by atoms with Crippen LogP contribution in [0, 0.1) is 0 Å². The molecule has 0 aliphatic heterocycles. The van der Waals surface area contributed by atoms with E-state index in [0.29, 0.717) is 5.56 Å². The summed E-state index contributed by atoms with van der Waals surface area (Å²) in [5.41, 5.74) is 7.08. The second-order valence-corrected chi connectivity index (χ2v) is 13.6. The van der Waals surface area contributed by atoms with Crippen LogP contribution in [-0.4, -0.2) is 0 Å². The van der Waals surface area contributed by atoms with Gasteiger partial charge in [0.05, 0.1) is 6.85 Å². The monoisotopic (exact) mass is 649 g/mol. The Kier molecular flexibility index (Phi) is 5.13. The fourth-order valence-electron chi connectivity index (χ4n) is 8.62. The van der Waals surface area contributed by atoms with E-state index in [0.717, 1.165) is 55.6 Å². The zero-order valence-corrected chi connectivity index (χ0v) is 27.6. The van der Waals surface area contributed by atoms with Crippen molar-refractivity contribution in [3.8, 4) is 33.4 Å². The summed E-state index contributed by atoms with van der Waals surface area (Å²) >= 11 is 0. The standard InChI is InChI=1S/C51H32/c1-2-8-32(9-3-1)43-26-25-41(31-47(43)45-28-23-38-19-17-34-12-7-14-36-24-29-46(45)51(38)49(34)36)42-15-5-4-10-39(42)30-40-21-20-37-18-16-33-11-6-13-35-22-27-44(40)50(37)48(33)35/h1-29,31H,30H2/i1D,2D,3D,8D,9D. The van der Waals surface area contributed by atoms with Gasteiger partial charge in [0.15, 0.2) is 0 Å². The normalized spacial score (nSPS) is 13.4. The summed E-state index contributed by atoms with van der Waals surface area (Å²) in [5.74, 6) is 0. The minimum atomic E-state index is -0.398. The molecule has 0 bridgehead atoms. The van der Waals surface area contributed by atoms with Crippen LogP contribution in [0.4, 0.5) is 0 Å². The molecule has 0 N–H and O–H groups in total. The van der Waals surface area contributed by atoms with E-state index < -0.39 is 6.04 Å². The van der Waals surface area contributed by atoms with Gasteiger partial charge in [0, 0.05) is 0 Å². The van der Waals surface area contributed by atoms with Gasteiger partial charge in [-0.05, 0) is 122 Å². The van der Waals surface area contributed by atoms with Crippen LogP contribution < -0.4 is 0 Å². The minimum Gasteiger partial charge on any atom is -0.0622 e. The van der Waals surface area contributed by atoms with Crippen molar-refractivity contribution < 1.29 is 6.85 Å². The van der Waals surface area contributed by atoms with Crippen LogP contribution in [0.25, 0.3) is 98.0 Å². The van der Waals surface area contributed by atoms with Crippen molar-refractivity contribution in [2.75, 3.05) is 0 Å². The average Bonchev–Trinajstić information content (AvgIpc) is 3.24. The van der Waals surface area contributed by atoms with Crippen molar-refractivity contribution in [2.24, 2.45) is 0 Å². The Morgan fingerprint density at radius 3 is 1.59 bits per heavy atom. The van der Waals surface area contributed by atoms with E-state index in [4.69, 9.17) is 6.85 Å². The Morgan fingerprint density at radius 1 is 0.333 bits per heavy atom. The van der Waals surface area contributed by atoms with Gasteiger partial charge in [-0.1, -0.05) is 176 Å². The van der Waals surface area contributed by atoms with Gasteiger partial charge < -0.3 is 0 Å². The summed E-state index contributed by atoms with van der Waals surface area (Å²) in [6.07, 6.45) is 0.725. The Hall–Kier alpha value is -6.50. The maximum Gasteiger partial charge on any atom is 0.0629 e. The third-order valence-corrected chi connectivity index (χ3v) is 10.9. The average molecular weight is 650 g/mol. The Labute approximate surface area is 303 Å². The Morgan fingerprint density at radius 2 is 0.882 bits per heavy atom. The summed E-state index contributed by atoms with van der Waals surface area (Å²) in [6, 6.07) is 52.4. The summed E-state index contributed by atoms with van der Waals surface area (Å²) < 4.78 is 43.5. The van der Waals surface area contributed by atoms with Crippen LogP contribution in [-0.2, 0) is 6.42 Å². The van der Waals surface area contributed by atoms with Crippen LogP contribution in [0.5, 0.6) is 0 Å². The van der Waals surface area contributed by atoms with Gasteiger partial charge in [0.1, 0.15) is 0 Å². The van der Waals surface area contributed by atoms with E-state index in [-0.39, 0.29) is 29.7 Å². The van der Waals surface area contributed by atoms with Gasteiger partial charge in [0.25, 0.3) is 0 Å². The van der Waals surface area contributed by atoms with E-state index in [9.17, 15) is 0 Å². The molecule has 11 aromatic carbocycles. The first kappa shape index (κ1) is 23.8. The first-order chi connectivity index (χ1) is 27.4. The van der Waals surface area contributed by atoms with Crippen molar-refractivity contribution in [3.63, 3.8) is 0 Å². The zero-order valence-electron chi connectivity index (χ0n) is 32.6. The van der Waals surface area contributed by atoms with Crippen molar-refractivity contribution >= 4 is 64.6 Å². The molecule has 0 saturated carbocycles. The molecule has 0 heteroatoms. The van der Waals surface area contributed by atoms with Crippen molar-refractivity contribution in [1.82, 2.24) is 0 Å². The Balaban J connectivity index is 1.14. The summed E-state index contributed by atoms with van der Waals surface area (Å²) in [6.45, 7) is 0. The molecule has 51 heavy (non-hydrogen) atoms. The predicted molar refractivity (Wildman–Crippen MR) is 219 cm³/mol. The molecule has 0 atom stereocenters. The number of hydrogen-bond donors (Lipinski definition) is 0. The molecule has 236 valence electrons. The number of benzene rings is 11. The first-order valence-electron chi connectivity index (χ1n) is 20.0. The fraction of sp³-hybridized carbons (Fsp3) is 0.0196. The van der Waals surface area contributed by atoms with Crippen LogP contribution >= 0.6 is 0 Å². The van der Waals surface area contributed by atoms with E-state index in [2.05, 4.69) is 140 Å². The molecule has 0 aliphatic rings. The van der Waals surface area contributed by atoms with E-state index in [1.54, 1.807) is 0 Å². The third-order valence-electron chi connectivity index (χ3n) is 10.9. The quantitative estimate of drug-likeness (QED) is 0.163. The highest BCUT2D eigenvalue weighted by atomic mass is 14.2. The maximum absolute atomic E-state index is 9.01. The summed E-state index contributed by atoms with van der Waals surface area (Å²) in [7, 11) is 0. The van der Waals surface area contributed by atoms with Crippen LogP contribution in [0.15, 0.2) is 182 Å². The minimum absolute atomic E-state index is 0.199. The zero-order chi connectivity index (χ0) is 37.8. The fourth-order valence-corrected chi connectivity index (χ4v) is 8.62. The van der Waals surface area contributed by atoms with Gasteiger partial charge >= 0.3 is 0 Å². The molecular formula is C51H32. The molecule has 0 spiro atoms. The molecule has 0 saturated heterocycles. The van der Waals surface area contributed by atoms with Gasteiger partial charge in [-0.2, -0.15) is 0 Å². The topological polar surface area (TPSA) is 0 Å². The lowest BCUT2D eigenvalue weighted by molar-refractivity contribution is 1.22. The highest BCUT2D eigenvalue weighted by Gasteiger charge is 2.18. The van der Waals surface area contributed by atoms with Crippen molar-refractivity contribution in [1.29, 1.82) is 0 Å². The van der Waals surface area contributed by atoms with Crippen molar-refractivity contribution in [3.05, 3.63) is 193 Å². The van der Waals surface area contributed by atoms with Crippen LogP contribution in [0.1, 0.15) is 18.0 Å². The van der Waals surface area contributed by atoms with Gasteiger partial charge in [-0.25, -0.2) is 0 Å². The number of rotatable bonds is 5. The van der Waals surface area contributed by atoms with Crippen LogP contribution in [0.2, 0.25) is 0 Å². The SMILES string of the molecule is [2H]c1c([2H])c([2H])c(-c2ccc(-c3ccccc3Cc3ccc4ccc5cccc6ccc3c4c56)cc2-c2ccc3ccc4cccc5ccc2c3c45)c([2H])c1[2H]. The third kappa shape index (κ3) is 4.33. The molecule has 11 rings (SSSR count). The second kappa shape index (κ2) is 11.0. The summed E-state index contributed by atoms with van der Waals surface area (Å²) in [4.78, 5) is 0.